The number of benzene rings is 3. The molecule has 0 fully saturated rings. The van der Waals surface area contributed by atoms with Crippen molar-refractivity contribution in [1.82, 2.24) is 10.1 Å². The van der Waals surface area contributed by atoms with E-state index in [-0.39, 0.29) is 0 Å². The predicted octanol–water partition coefficient (Wildman–Crippen LogP) is 6.85. The van der Waals surface area contributed by atoms with E-state index in [0.717, 1.165) is 33.2 Å². The van der Waals surface area contributed by atoms with Gasteiger partial charge in [0.25, 0.3) is 0 Å². The number of hydrogen-bond donors (Lipinski definition) is 1. The first-order chi connectivity index (χ1) is 14.7. The Bertz CT molecular complexity index is 1300. The first-order valence-electron chi connectivity index (χ1n) is 9.89. The summed E-state index contributed by atoms with van der Waals surface area (Å²) >= 11 is 1.67. The van der Waals surface area contributed by atoms with E-state index in [1.165, 1.54) is 21.4 Å². The molecule has 148 valence electrons. The van der Waals surface area contributed by atoms with E-state index in [4.69, 9.17) is 4.52 Å². The number of nitrogens with zero attached hydrogens (tertiary/aromatic N) is 2. The smallest absolute Gasteiger partial charge is 0.184 e. The molecular weight excluding hydrogens is 390 g/mol. The van der Waals surface area contributed by atoms with Crippen LogP contribution < -0.4 is 5.32 Å². The molecular formula is C25H21N3OS. The van der Waals surface area contributed by atoms with E-state index in [9.17, 15) is 0 Å². The lowest BCUT2D eigenvalue weighted by atomic mass is 10.0. The molecule has 2 aromatic heterocycles. The van der Waals surface area contributed by atoms with E-state index in [1.54, 1.807) is 11.3 Å². The molecule has 0 aliphatic rings. The predicted molar refractivity (Wildman–Crippen MR) is 124 cm³/mol. The van der Waals surface area contributed by atoms with Gasteiger partial charge >= 0.3 is 0 Å². The highest BCUT2D eigenvalue weighted by molar-refractivity contribution is 7.22. The zero-order chi connectivity index (χ0) is 20.5. The van der Waals surface area contributed by atoms with Crippen molar-refractivity contribution in [3.8, 4) is 22.5 Å². The summed E-state index contributed by atoms with van der Waals surface area (Å²) in [6, 6.07) is 25.1. The summed E-state index contributed by atoms with van der Waals surface area (Å²) in [6.45, 7) is 4.69. The van der Waals surface area contributed by atoms with Crippen LogP contribution in [0.1, 0.15) is 16.8 Å². The van der Waals surface area contributed by atoms with Crippen LogP contribution >= 0.6 is 11.3 Å². The minimum atomic E-state index is 0.615. The number of anilines is 1. The summed E-state index contributed by atoms with van der Waals surface area (Å²) in [5.74, 6) is 0.802. The van der Waals surface area contributed by atoms with Crippen molar-refractivity contribution in [3.05, 3.63) is 89.6 Å². The molecule has 1 N–H and O–H groups in total. The quantitative estimate of drug-likeness (QED) is 0.344. The average molecular weight is 412 g/mol. The molecule has 0 unspecified atom stereocenters. The van der Waals surface area contributed by atoms with Gasteiger partial charge in [0.1, 0.15) is 0 Å². The van der Waals surface area contributed by atoms with Gasteiger partial charge in [-0.15, -0.1) is 0 Å². The fourth-order valence-corrected chi connectivity index (χ4v) is 4.50. The van der Waals surface area contributed by atoms with Crippen molar-refractivity contribution in [3.63, 3.8) is 0 Å². The Kier molecular flexibility index (Phi) is 4.81. The molecule has 0 saturated carbocycles. The standard InChI is InChI=1S/C25H21N3OS/c1-16-8-13-22-23(14-16)30-25(27-22)26-15-21-17(2)28-29-24(21)20-11-9-19(10-12-20)18-6-4-3-5-7-18/h3-14H,15H2,1-2H3,(H,26,27). The maximum Gasteiger partial charge on any atom is 0.184 e. The Morgan fingerprint density at radius 3 is 2.40 bits per heavy atom. The number of rotatable bonds is 5. The molecule has 0 atom stereocenters. The van der Waals surface area contributed by atoms with Crippen molar-refractivity contribution in [2.45, 2.75) is 20.4 Å². The van der Waals surface area contributed by atoms with Gasteiger partial charge in [-0.25, -0.2) is 4.98 Å². The molecule has 0 aliphatic heterocycles. The van der Waals surface area contributed by atoms with Crippen LogP contribution in [0.5, 0.6) is 0 Å². The minimum Gasteiger partial charge on any atom is -0.357 e. The molecule has 2 heterocycles. The van der Waals surface area contributed by atoms with Crippen LogP contribution in [-0.2, 0) is 6.54 Å². The van der Waals surface area contributed by atoms with Gasteiger partial charge in [-0.2, -0.15) is 0 Å². The van der Waals surface area contributed by atoms with Gasteiger partial charge in [0.2, 0.25) is 0 Å². The molecule has 5 aromatic rings. The zero-order valence-electron chi connectivity index (χ0n) is 16.8. The lowest BCUT2D eigenvalue weighted by Crippen LogP contribution is -2.01. The molecule has 5 heteroatoms. The number of hydrogen-bond acceptors (Lipinski definition) is 5. The normalized spacial score (nSPS) is 11.1. The molecule has 0 aliphatic carbocycles. The van der Waals surface area contributed by atoms with Gasteiger partial charge < -0.3 is 9.84 Å². The van der Waals surface area contributed by atoms with Crippen molar-refractivity contribution < 1.29 is 4.52 Å². The second-order valence-corrected chi connectivity index (χ2v) is 8.39. The van der Waals surface area contributed by atoms with Gasteiger partial charge in [-0.3, -0.25) is 0 Å². The summed E-state index contributed by atoms with van der Waals surface area (Å²) < 4.78 is 6.87. The van der Waals surface area contributed by atoms with Crippen LogP contribution in [0.3, 0.4) is 0 Å². The van der Waals surface area contributed by atoms with Crippen molar-refractivity contribution in [2.24, 2.45) is 0 Å². The van der Waals surface area contributed by atoms with Crippen molar-refractivity contribution in [2.75, 3.05) is 5.32 Å². The summed E-state index contributed by atoms with van der Waals surface area (Å²) in [6.07, 6.45) is 0. The Hall–Kier alpha value is -3.44. The highest BCUT2D eigenvalue weighted by Crippen LogP contribution is 2.31. The Morgan fingerprint density at radius 1 is 0.867 bits per heavy atom. The Labute approximate surface area is 179 Å². The highest BCUT2D eigenvalue weighted by atomic mass is 32.1. The fraction of sp³-hybridized carbons (Fsp3) is 0.120. The topological polar surface area (TPSA) is 51.0 Å². The average Bonchev–Trinajstić information content (AvgIpc) is 3.35. The number of fused-ring (bicyclic) bond motifs is 1. The lowest BCUT2D eigenvalue weighted by molar-refractivity contribution is 0.426. The monoisotopic (exact) mass is 411 g/mol. The van der Waals surface area contributed by atoms with Crippen LogP contribution in [0.4, 0.5) is 5.13 Å². The van der Waals surface area contributed by atoms with Gasteiger partial charge in [0, 0.05) is 17.7 Å². The number of aryl methyl sites for hydroxylation is 2. The molecule has 4 nitrogen and oxygen atoms in total. The van der Waals surface area contributed by atoms with E-state index in [0.29, 0.717) is 6.54 Å². The molecule has 0 spiro atoms. The maximum absolute atomic E-state index is 5.68. The molecule has 3 aromatic carbocycles. The van der Waals surface area contributed by atoms with Crippen LogP contribution in [0, 0.1) is 13.8 Å². The first-order valence-corrected chi connectivity index (χ1v) is 10.7. The van der Waals surface area contributed by atoms with E-state index < -0.39 is 0 Å². The Morgan fingerprint density at radius 2 is 1.60 bits per heavy atom. The summed E-state index contributed by atoms with van der Waals surface area (Å²) in [7, 11) is 0. The van der Waals surface area contributed by atoms with E-state index >= 15 is 0 Å². The van der Waals surface area contributed by atoms with E-state index in [2.05, 4.69) is 89.1 Å². The third-order valence-electron chi connectivity index (χ3n) is 5.20. The van der Waals surface area contributed by atoms with Crippen molar-refractivity contribution in [1.29, 1.82) is 0 Å². The van der Waals surface area contributed by atoms with Gasteiger partial charge in [-0.05, 0) is 42.7 Å². The summed E-state index contributed by atoms with van der Waals surface area (Å²) in [4.78, 5) is 4.69. The second-order valence-electron chi connectivity index (χ2n) is 7.36. The lowest BCUT2D eigenvalue weighted by Gasteiger charge is -2.06. The summed E-state index contributed by atoms with van der Waals surface area (Å²) in [5.41, 5.74) is 7.61. The first kappa shape index (κ1) is 18.6. The number of thiazole rings is 1. The van der Waals surface area contributed by atoms with Crippen LogP contribution in [0.2, 0.25) is 0 Å². The van der Waals surface area contributed by atoms with Crippen LogP contribution in [-0.4, -0.2) is 10.1 Å². The van der Waals surface area contributed by atoms with Crippen LogP contribution in [0.25, 0.3) is 32.7 Å². The Balaban J connectivity index is 1.39. The molecule has 30 heavy (non-hydrogen) atoms. The third-order valence-corrected chi connectivity index (χ3v) is 6.18. The van der Waals surface area contributed by atoms with Gasteiger partial charge in [0.05, 0.1) is 15.9 Å². The van der Waals surface area contributed by atoms with Gasteiger partial charge in [0.15, 0.2) is 10.9 Å². The highest BCUT2D eigenvalue weighted by Gasteiger charge is 2.16. The van der Waals surface area contributed by atoms with Crippen LogP contribution in [0.15, 0.2) is 77.3 Å². The SMILES string of the molecule is Cc1ccc2nc(NCc3c(C)noc3-c3ccc(-c4ccccc4)cc3)sc2c1. The number of aromatic nitrogens is 2. The van der Waals surface area contributed by atoms with Gasteiger partial charge in [-0.1, -0.05) is 77.2 Å². The third kappa shape index (κ3) is 3.60. The summed E-state index contributed by atoms with van der Waals surface area (Å²) in [5, 5.41) is 8.56. The maximum atomic E-state index is 5.68. The zero-order valence-corrected chi connectivity index (χ0v) is 17.7. The number of nitrogens with one attached hydrogen (secondary N) is 1. The fourth-order valence-electron chi connectivity index (χ4n) is 3.54. The minimum absolute atomic E-state index is 0.615. The molecule has 0 bridgehead atoms. The molecule has 0 radical (unpaired) electrons. The molecule has 0 amide bonds. The van der Waals surface area contributed by atoms with E-state index in [1.807, 2.05) is 13.0 Å². The second kappa shape index (κ2) is 7.76. The largest absolute Gasteiger partial charge is 0.357 e. The molecule has 5 rings (SSSR count). The van der Waals surface area contributed by atoms with Crippen molar-refractivity contribution >= 4 is 26.7 Å². The molecule has 0 saturated heterocycles.